The van der Waals surface area contributed by atoms with Crippen LogP contribution in [0.3, 0.4) is 0 Å². The highest BCUT2D eigenvalue weighted by molar-refractivity contribution is 7.98. The maximum atomic E-state index is 4.42. The molecule has 3 aromatic rings. The highest BCUT2D eigenvalue weighted by Crippen LogP contribution is 2.32. The number of hydrogen-bond acceptors (Lipinski definition) is 4. The van der Waals surface area contributed by atoms with Crippen molar-refractivity contribution in [3.63, 3.8) is 0 Å². The zero-order chi connectivity index (χ0) is 13.5. The lowest BCUT2D eigenvalue weighted by molar-refractivity contribution is 0.996. The fourth-order valence-electron chi connectivity index (χ4n) is 2.47. The van der Waals surface area contributed by atoms with Crippen LogP contribution in [-0.2, 0) is 0 Å². The molecule has 0 saturated heterocycles. The smallest absolute Gasteiger partial charge is 0.168 e. The Labute approximate surface area is 121 Å². The third-order valence-electron chi connectivity index (χ3n) is 3.36. The third-order valence-corrected chi connectivity index (χ3v) is 4.29. The number of aromatic nitrogens is 2. The molecule has 0 bridgehead atoms. The lowest BCUT2D eigenvalue weighted by Gasteiger charge is -2.15. The van der Waals surface area contributed by atoms with Gasteiger partial charge in [0.2, 0.25) is 0 Å². The predicted octanol–water partition coefficient (Wildman–Crippen LogP) is 3.66. The maximum Gasteiger partial charge on any atom is 0.168 e. The van der Waals surface area contributed by atoms with Crippen molar-refractivity contribution in [3.8, 4) is 0 Å². The van der Waals surface area contributed by atoms with Gasteiger partial charge in [-0.2, -0.15) is 9.19 Å². The molecule has 0 aliphatic carbocycles. The number of rotatable bonds is 2. The van der Waals surface area contributed by atoms with E-state index in [2.05, 4.69) is 64.3 Å². The molecule has 1 aliphatic rings. The summed E-state index contributed by atoms with van der Waals surface area (Å²) in [6.07, 6.45) is 0. The van der Waals surface area contributed by atoms with Gasteiger partial charge in [-0.1, -0.05) is 36.4 Å². The minimum absolute atomic E-state index is 0.101. The molecule has 20 heavy (non-hydrogen) atoms. The summed E-state index contributed by atoms with van der Waals surface area (Å²) < 4.78 is 1.93. The minimum atomic E-state index is 0.101. The van der Waals surface area contributed by atoms with Crippen LogP contribution in [0, 0.1) is 6.92 Å². The summed E-state index contributed by atoms with van der Waals surface area (Å²) in [6, 6.07) is 16.8. The molecule has 0 spiro atoms. The van der Waals surface area contributed by atoms with Gasteiger partial charge >= 0.3 is 0 Å². The van der Waals surface area contributed by atoms with E-state index < -0.39 is 0 Å². The van der Waals surface area contributed by atoms with E-state index in [4.69, 9.17) is 0 Å². The standard InChI is InChI=1S/C15H14N4S/c1-10-9-14-17-15(20-19(14)18-10)16-13-8-4-6-11-5-2-3-7-12(11)13/h2-9,15-17H,1H3/t15-/m1/s1. The quantitative estimate of drug-likeness (QED) is 0.752. The number of hydrogen-bond donors (Lipinski definition) is 2. The third kappa shape index (κ3) is 1.91. The molecule has 4 rings (SSSR count). The normalized spacial score (nSPS) is 16.9. The molecule has 0 amide bonds. The zero-order valence-corrected chi connectivity index (χ0v) is 11.8. The highest BCUT2D eigenvalue weighted by atomic mass is 32.2. The Morgan fingerprint density at radius 3 is 2.95 bits per heavy atom. The van der Waals surface area contributed by atoms with Crippen molar-refractivity contribution in [2.24, 2.45) is 0 Å². The van der Waals surface area contributed by atoms with Crippen molar-refractivity contribution in [2.45, 2.75) is 12.4 Å². The van der Waals surface area contributed by atoms with Crippen LogP contribution in [0.15, 0.2) is 48.5 Å². The van der Waals surface area contributed by atoms with Gasteiger partial charge in [0.1, 0.15) is 5.82 Å². The van der Waals surface area contributed by atoms with Crippen LogP contribution in [0.4, 0.5) is 11.5 Å². The summed E-state index contributed by atoms with van der Waals surface area (Å²) in [7, 11) is 0. The van der Waals surface area contributed by atoms with Crippen LogP contribution in [-0.4, -0.2) is 14.7 Å². The van der Waals surface area contributed by atoms with Gasteiger partial charge in [0.25, 0.3) is 0 Å². The molecule has 100 valence electrons. The van der Waals surface area contributed by atoms with Crippen molar-refractivity contribution < 1.29 is 0 Å². The van der Waals surface area contributed by atoms with Gasteiger partial charge in [-0.3, -0.25) is 0 Å². The average Bonchev–Trinajstić information content (AvgIpc) is 2.96. The number of nitrogens with one attached hydrogen (secondary N) is 2. The fraction of sp³-hybridized carbons (Fsp3) is 0.133. The van der Waals surface area contributed by atoms with Crippen molar-refractivity contribution in [2.75, 3.05) is 10.6 Å². The van der Waals surface area contributed by atoms with Crippen molar-refractivity contribution in [1.82, 2.24) is 9.19 Å². The van der Waals surface area contributed by atoms with E-state index in [-0.39, 0.29) is 5.50 Å². The first-order chi connectivity index (χ1) is 9.79. The van der Waals surface area contributed by atoms with Gasteiger partial charge in [-0.15, -0.1) is 0 Å². The molecule has 0 radical (unpaired) electrons. The molecule has 1 aliphatic heterocycles. The predicted molar refractivity (Wildman–Crippen MR) is 84.9 cm³/mol. The molecule has 1 atom stereocenters. The van der Waals surface area contributed by atoms with Gasteiger partial charge in [0.05, 0.1) is 5.69 Å². The van der Waals surface area contributed by atoms with Gasteiger partial charge in [0.15, 0.2) is 5.50 Å². The molecule has 4 nitrogen and oxygen atoms in total. The molecule has 0 fully saturated rings. The average molecular weight is 282 g/mol. The minimum Gasteiger partial charge on any atom is -0.355 e. The Balaban J connectivity index is 1.62. The molecule has 1 aromatic heterocycles. The van der Waals surface area contributed by atoms with E-state index in [1.807, 2.05) is 11.0 Å². The Morgan fingerprint density at radius 1 is 1.20 bits per heavy atom. The number of anilines is 2. The molecule has 2 heterocycles. The van der Waals surface area contributed by atoms with Crippen LogP contribution in [0.5, 0.6) is 0 Å². The van der Waals surface area contributed by atoms with Crippen LogP contribution < -0.4 is 10.6 Å². The summed E-state index contributed by atoms with van der Waals surface area (Å²) in [6.45, 7) is 2.00. The van der Waals surface area contributed by atoms with Crippen LogP contribution >= 0.6 is 11.9 Å². The first-order valence-electron chi connectivity index (χ1n) is 6.54. The lowest BCUT2D eigenvalue weighted by Crippen LogP contribution is -2.21. The molecular formula is C15H14N4S. The Kier molecular flexibility index (Phi) is 2.60. The molecule has 0 unspecified atom stereocenters. The van der Waals surface area contributed by atoms with Crippen molar-refractivity contribution in [1.29, 1.82) is 0 Å². The molecule has 5 heteroatoms. The highest BCUT2D eigenvalue weighted by Gasteiger charge is 2.23. The Bertz CT molecular complexity index is 752. The fourth-order valence-corrected chi connectivity index (χ4v) is 3.42. The first kappa shape index (κ1) is 11.7. The summed E-state index contributed by atoms with van der Waals surface area (Å²) in [4.78, 5) is 0. The summed E-state index contributed by atoms with van der Waals surface area (Å²) >= 11 is 1.64. The summed E-state index contributed by atoms with van der Waals surface area (Å²) in [5, 5.41) is 13.8. The summed E-state index contributed by atoms with van der Waals surface area (Å²) in [5.74, 6) is 1.05. The SMILES string of the molecule is Cc1cc2n(n1)S[C@H](Nc1cccc3ccccc13)N2. The largest absolute Gasteiger partial charge is 0.355 e. The van der Waals surface area contributed by atoms with Gasteiger partial charge in [-0.25, -0.2) is 0 Å². The van der Waals surface area contributed by atoms with E-state index in [9.17, 15) is 0 Å². The molecule has 0 saturated carbocycles. The second-order valence-corrected chi connectivity index (χ2v) is 5.87. The van der Waals surface area contributed by atoms with Crippen LogP contribution in [0.2, 0.25) is 0 Å². The number of aryl methyl sites for hydroxylation is 1. The Hall–Kier alpha value is -2.14. The van der Waals surface area contributed by atoms with Crippen LogP contribution in [0.25, 0.3) is 10.8 Å². The molecular weight excluding hydrogens is 268 g/mol. The first-order valence-corrected chi connectivity index (χ1v) is 7.38. The molecule has 2 N–H and O–H groups in total. The van der Waals surface area contributed by atoms with E-state index in [1.54, 1.807) is 11.9 Å². The van der Waals surface area contributed by atoms with Crippen LogP contribution in [0.1, 0.15) is 5.69 Å². The second-order valence-electron chi connectivity index (χ2n) is 4.84. The zero-order valence-electron chi connectivity index (χ0n) is 11.0. The summed E-state index contributed by atoms with van der Waals surface area (Å²) in [5.41, 5.74) is 2.27. The van der Waals surface area contributed by atoms with E-state index in [0.717, 1.165) is 17.2 Å². The number of fused-ring (bicyclic) bond motifs is 2. The van der Waals surface area contributed by atoms with Crippen molar-refractivity contribution >= 4 is 34.2 Å². The number of benzene rings is 2. The van der Waals surface area contributed by atoms with Crippen molar-refractivity contribution in [3.05, 3.63) is 54.2 Å². The lowest BCUT2D eigenvalue weighted by atomic mass is 10.1. The van der Waals surface area contributed by atoms with Gasteiger partial charge in [0, 0.05) is 29.1 Å². The van der Waals surface area contributed by atoms with Gasteiger partial charge < -0.3 is 10.6 Å². The van der Waals surface area contributed by atoms with Gasteiger partial charge in [-0.05, 0) is 18.4 Å². The van der Waals surface area contributed by atoms with E-state index in [1.165, 1.54) is 10.8 Å². The van der Waals surface area contributed by atoms with E-state index in [0.29, 0.717) is 0 Å². The number of nitrogens with zero attached hydrogens (tertiary/aromatic N) is 2. The second kappa shape index (κ2) is 4.45. The Morgan fingerprint density at radius 2 is 2.05 bits per heavy atom. The molecule has 2 aromatic carbocycles. The monoisotopic (exact) mass is 282 g/mol. The topological polar surface area (TPSA) is 41.9 Å². The maximum absolute atomic E-state index is 4.42. The van der Waals surface area contributed by atoms with E-state index >= 15 is 0 Å².